The number of piperidine rings is 1. The third-order valence-electron chi connectivity index (χ3n) is 3.96. The van der Waals surface area contributed by atoms with Gasteiger partial charge in [-0.25, -0.2) is 0 Å². The highest BCUT2D eigenvalue weighted by Gasteiger charge is 2.32. The summed E-state index contributed by atoms with van der Waals surface area (Å²) in [4.78, 5) is 4.90. The Hall–Kier alpha value is -0.160. The fraction of sp³-hybridized carbons (Fsp3) is 1.00. The first-order valence-electron chi connectivity index (χ1n) is 6.60. The van der Waals surface area contributed by atoms with Crippen LogP contribution in [0.4, 0.5) is 0 Å². The first kappa shape index (κ1) is 12.3. The van der Waals surface area contributed by atoms with Gasteiger partial charge in [0.15, 0.2) is 0 Å². The lowest BCUT2D eigenvalue weighted by molar-refractivity contribution is -0.0303. The quantitative estimate of drug-likeness (QED) is 0.697. The number of nitrogens with zero attached hydrogens (tertiary/aromatic N) is 2. The molecular formula is C12H25N3O. The highest BCUT2D eigenvalue weighted by atomic mass is 16.3. The molecule has 2 fully saturated rings. The van der Waals surface area contributed by atoms with Crippen molar-refractivity contribution >= 4 is 0 Å². The monoisotopic (exact) mass is 227 g/mol. The first-order valence-corrected chi connectivity index (χ1v) is 6.60. The summed E-state index contributed by atoms with van der Waals surface area (Å²) in [5.41, 5.74) is -0.431. The Morgan fingerprint density at radius 1 is 1.06 bits per heavy atom. The van der Waals surface area contributed by atoms with E-state index in [2.05, 4.69) is 22.0 Å². The lowest BCUT2D eigenvalue weighted by Gasteiger charge is -2.40. The topological polar surface area (TPSA) is 38.7 Å². The summed E-state index contributed by atoms with van der Waals surface area (Å²) in [5, 5.41) is 13.8. The van der Waals surface area contributed by atoms with Crippen LogP contribution in [0.3, 0.4) is 0 Å². The third-order valence-corrected chi connectivity index (χ3v) is 3.96. The van der Waals surface area contributed by atoms with E-state index >= 15 is 0 Å². The van der Waals surface area contributed by atoms with Gasteiger partial charge in [0.05, 0.1) is 5.60 Å². The van der Waals surface area contributed by atoms with Crippen LogP contribution in [0.15, 0.2) is 0 Å². The minimum atomic E-state index is -0.431. The average Bonchev–Trinajstić information content (AvgIpc) is 2.30. The number of nitrogens with one attached hydrogen (secondary N) is 1. The summed E-state index contributed by atoms with van der Waals surface area (Å²) in [6.45, 7) is 10.7. The van der Waals surface area contributed by atoms with Crippen LogP contribution in [0.2, 0.25) is 0 Å². The SMILES string of the molecule is CCN1CCN(CC2(O)CCNCC2)CC1. The lowest BCUT2D eigenvalue weighted by Crippen LogP contribution is -2.54. The summed E-state index contributed by atoms with van der Waals surface area (Å²) < 4.78 is 0. The summed E-state index contributed by atoms with van der Waals surface area (Å²) in [7, 11) is 0. The fourth-order valence-corrected chi connectivity index (χ4v) is 2.73. The number of piperazine rings is 1. The molecule has 2 aliphatic heterocycles. The molecule has 4 nitrogen and oxygen atoms in total. The second-order valence-corrected chi connectivity index (χ2v) is 5.18. The van der Waals surface area contributed by atoms with Crippen LogP contribution in [0.5, 0.6) is 0 Å². The summed E-state index contributed by atoms with van der Waals surface area (Å²) in [6.07, 6.45) is 1.81. The molecule has 4 heteroatoms. The molecule has 0 radical (unpaired) electrons. The maximum absolute atomic E-state index is 10.5. The van der Waals surface area contributed by atoms with Crippen LogP contribution in [0.1, 0.15) is 19.8 Å². The zero-order chi connectivity index (χ0) is 11.4. The first-order chi connectivity index (χ1) is 7.72. The molecular weight excluding hydrogens is 202 g/mol. The highest BCUT2D eigenvalue weighted by molar-refractivity contribution is 4.88. The van der Waals surface area contributed by atoms with Crippen LogP contribution in [-0.4, -0.2) is 72.9 Å². The van der Waals surface area contributed by atoms with E-state index in [9.17, 15) is 5.11 Å². The van der Waals surface area contributed by atoms with Crippen molar-refractivity contribution in [2.75, 3.05) is 52.4 Å². The van der Waals surface area contributed by atoms with Gasteiger partial charge in [-0.1, -0.05) is 6.92 Å². The van der Waals surface area contributed by atoms with Gasteiger partial charge in [0.1, 0.15) is 0 Å². The second-order valence-electron chi connectivity index (χ2n) is 5.18. The Morgan fingerprint density at radius 2 is 1.62 bits per heavy atom. The van der Waals surface area contributed by atoms with E-state index in [0.717, 1.165) is 65.2 Å². The molecule has 0 bridgehead atoms. The predicted molar refractivity (Wildman–Crippen MR) is 65.6 cm³/mol. The van der Waals surface area contributed by atoms with Gasteiger partial charge >= 0.3 is 0 Å². The largest absolute Gasteiger partial charge is 0.388 e. The molecule has 0 aromatic carbocycles. The standard InChI is InChI=1S/C12H25N3O/c1-2-14-7-9-15(10-8-14)11-12(16)3-5-13-6-4-12/h13,16H,2-11H2,1H3. The highest BCUT2D eigenvalue weighted by Crippen LogP contribution is 2.20. The van der Waals surface area contributed by atoms with E-state index in [4.69, 9.17) is 0 Å². The molecule has 2 saturated heterocycles. The Kier molecular flexibility index (Phi) is 4.19. The van der Waals surface area contributed by atoms with Crippen LogP contribution in [-0.2, 0) is 0 Å². The van der Waals surface area contributed by atoms with E-state index in [0.29, 0.717) is 0 Å². The molecule has 0 aromatic heterocycles. The van der Waals surface area contributed by atoms with Gasteiger partial charge in [0.25, 0.3) is 0 Å². The minimum absolute atomic E-state index is 0.431. The number of hydrogen-bond donors (Lipinski definition) is 2. The molecule has 0 spiro atoms. The van der Waals surface area contributed by atoms with Crippen molar-refractivity contribution in [1.29, 1.82) is 0 Å². The van der Waals surface area contributed by atoms with Crippen molar-refractivity contribution in [2.24, 2.45) is 0 Å². The van der Waals surface area contributed by atoms with E-state index in [1.165, 1.54) is 0 Å². The van der Waals surface area contributed by atoms with Crippen molar-refractivity contribution in [2.45, 2.75) is 25.4 Å². The van der Waals surface area contributed by atoms with E-state index in [1.54, 1.807) is 0 Å². The molecule has 0 amide bonds. The second kappa shape index (κ2) is 5.45. The summed E-state index contributed by atoms with van der Waals surface area (Å²) in [5.74, 6) is 0. The average molecular weight is 227 g/mol. The summed E-state index contributed by atoms with van der Waals surface area (Å²) in [6, 6.07) is 0. The van der Waals surface area contributed by atoms with Crippen LogP contribution in [0, 0.1) is 0 Å². The smallest absolute Gasteiger partial charge is 0.0798 e. The molecule has 0 saturated carbocycles. The minimum Gasteiger partial charge on any atom is -0.388 e. The molecule has 2 heterocycles. The van der Waals surface area contributed by atoms with Crippen LogP contribution in [0.25, 0.3) is 0 Å². The molecule has 0 atom stereocenters. The van der Waals surface area contributed by atoms with Crippen molar-refractivity contribution in [3.8, 4) is 0 Å². The van der Waals surface area contributed by atoms with Crippen molar-refractivity contribution in [3.63, 3.8) is 0 Å². The molecule has 0 aromatic rings. The number of hydrogen-bond acceptors (Lipinski definition) is 4. The van der Waals surface area contributed by atoms with Gasteiger partial charge in [-0.2, -0.15) is 0 Å². The fourth-order valence-electron chi connectivity index (χ4n) is 2.73. The van der Waals surface area contributed by atoms with Crippen LogP contribution >= 0.6 is 0 Å². The normalized spacial score (nSPS) is 28.1. The number of β-amino-alcohol motifs (C(OH)–C–C–N with tert-alkyl or cyclic N) is 1. The van der Waals surface area contributed by atoms with Gasteiger partial charge in [-0.3, -0.25) is 4.90 Å². The third kappa shape index (κ3) is 3.17. The summed E-state index contributed by atoms with van der Waals surface area (Å²) >= 11 is 0. The van der Waals surface area contributed by atoms with Crippen molar-refractivity contribution in [3.05, 3.63) is 0 Å². The molecule has 16 heavy (non-hydrogen) atoms. The van der Waals surface area contributed by atoms with Crippen molar-refractivity contribution in [1.82, 2.24) is 15.1 Å². The Morgan fingerprint density at radius 3 is 2.19 bits per heavy atom. The Labute approximate surface area is 98.6 Å². The zero-order valence-corrected chi connectivity index (χ0v) is 10.4. The van der Waals surface area contributed by atoms with E-state index in [-0.39, 0.29) is 0 Å². The Balaban J connectivity index is 1.77. The van der Waals surface area contributed by atoms with Crippen molar-refractivity contribution < 1.29 is 5.11 Å². The molecule has 2 aliphatic rings. The van der Waals surface area contributed by atoms with Gasteiger partial charge in [-0.05, 0) is 32.5 Å². The molecule has 0 aliphatic carbocycles. The number of likely N-dealkylation sites (N-methyl/N-ethyl adjacent to an activating group) is 1. The molecule has 0 unspecified atom stereocenters. The lowest BCUT2D eigenvalue weighted by atomic mass is 9.91. The van der Waals surface area contributed by atoms with Gasteiger partial charge in [0, 0.05) is 32.7 Å². The number of rotatable bonds is 3. The van der Waals surface area contributed by atoms with E-state index < -0.39 is 5.60 Å². The Bertz CT molecular complexity index is 208. The van der Waals surface area contributed by atoms with Gasteiger partial charge in [-0.15, -0.1) is 0 Å². The van der Waals surface area contributed by atoms with E-state index in [1.807, 2.05) is 0 Å². The maximum atomic E-state index is 10.5. The maximum Gasteiger partial charge on any atom is 0.0798 e. The zero-order valence-electron chi connectivity index (χ0n) is 10.4. The predicted octanol–water partition coefficient (Wildman–Crippen LogP) is -0.262. The van der Waals surface area contributed by atoms with Gasteiger partial charge < -0.3 is 15.3 Å². The number of aliphatic hydroxyl groups is 1. The van der Waals surface area contributed by atoms with Crippen LogP contribution < -0.4 is 5.32 Å². The molecule has 2 rings (SSSR count). The molecule has 94 valence electrons. The molecule has 2 N–H and O–H groups in total. The van der Waals surface area contributed by atoms with Gasteiger partial charge in [0.2, 0.25) is 0 Å².